The molecule has 0 saturated heterocycles. The smallest absolute Gasteiger partial charge is 0.248 e. The van der Waals surface area contributed by atoms with Crippen LogP contribution < -0.4 is 5.73 Å². The van der Waals surface area contributed by atoms with Crippen LogP contribution in [0.25, 0.3) is 11.1 Å². The average Bonchev–Trinajstić information content (AvgIpc) is 2.32. The Morgan fingerprint density at radius 2 is 1.78 bits per heavy atom. The third-order valence-corrected chi connectivity index (χ3v) is 2.98. The Bertz CT molecular complexity index is 620. The number of nitrogens with two attached hydrogens (primary N) is 1. The van der Waals surface area contributed by atoms with Crippen LogP contribution in [0.15, 0.2) is 36.4 Å². The number of hydrogen-bond acceptors (Lipinski definition) is 1. The second kappa shape index (κ2) is 4.61. The molecule has 2 N–H and O–H groups in total. The zero-order chi connectivity index (χ0) is 13.3. The minimum atomic E-state index is -0.445. The van der Waals surface area contributed by atoms with Gasteiger partial charge in [-0.15, -0.1) is 0 Å². The van der Waals surface area contributed by atoms with E-state index in [4.69, 9.17) is 5.73 Å². The number of carbonyl (C=O) groups excluding carboxylic acids is 1. The van der Waals surface area contributed by atoms with Crippen molar-refractivity contribution in [2.24, 2.45) is 5.73 Å². The molecular formula is C15H14FNO. The van der Waals surface area contributed by atoms with Crippen LogP contribution in [-0.4, -0.2) is 5.91 Å². The zero-order valence-electron chi connectivity index (χ0n) is 10.3. The van der Waals surface area contributed by atoms with Crippen LogP contribution in [0.1, 0.15) is 21.5 Å². The quantitative estimate of drug-likeness (QED) is 0.864. The molecule has 18 heavy (non-hydrogen) atoms. The molecule has 0 fully saturated rings. The lowest BCUT2D eigenvalue weighted by atomic mass is 9.97. The van der Waals surface area contributed by atoms with E-state index in [1.165, 1.54) is 6.07 Å². The zero-order valence-corrected chi connectivity index (χ0v) is 10.3. The van der Waals surface area contributed by atoms with E-state index in [0.29, 0.717) is 11.1 Å². The van der Waals surface area contributed by atoms with Gasteiger partial charge in [-0.25, -0.2) is 4.39 Å². The minimum Gasteiger partial charge on any atom is -0.366 e. The Morgan fingerprint density at radius 3 is 2.33 bits per heavy atom. The maximum atomic E-state index is 13.2. The van der Waals surface area contributed by atoms with Crippen molar-refractivity contribution in [2.75, 3.05) is 0 Å². The monoisotopic (exact) mass is 243 g/mol. The first-order valence-corrected chi connectivity index (χ1v) is 5.66. The molecule has 2 aromatic carbocycles. The molecule has 92 valence electrons. The fourth-order valence-corrected chi connectivity index (χ4v) is 1.95. The largest absolute Gasteiger partial charge is 0.366 e. The first-order valence-electron chi connectivity index (χ1n) is 5.66. The summed E-state index contributed by atoms with van der Waals surface area (Å²) in [5.74, 6) is -0.662. The van der Waals surface area contributed by atoms with Gasteiger partial charge < -0.3 is 5.73 Å². The van der Waals surface area contributed by atoms with Gasteiger partial charge in [0.25, 0.3) is 0 Å². The molecule has 0 atom stereocenters. The Balaban J connectivity index is 2.51. The van der Waals surface area contributed by atoms with Crippen LogP contribution in [0.4, 0.5) is 4.39 Å². The lowest BCUT2D eigenvalue weighted by molar-refractivity contribution is 0.1000. The lowest BCUT2D eigenvalue weighted by Crippen LogP contribution is -2.10. The van der Waals surface area contributed by atoms with Gasteiger partial charge in [-0.3, -0.25) is 4.79 Å². The second-order valence-corrected chi connectivity index (χ2v) is 4.36. The number of halogens is 1. The van der Waals surface area contributed by atoms with Crippen molar-refractivity contribution in [3.8, 4) is 11.1 Å². The molecule has 2 nitrogen and oxygen atoms in total. The van der Waals surface area contributed by atoms with E-state index in [0.717, 1.165) is 16.7 Å². The van der Waals surface area contributed by atoms with E-state index in [9.17, 15) is 9.18 Å². The maximum Gasteiger partial charge on any atom is 0.248 e. The van der Waals surface area contributed by atoms with Gasteiger partial charge in [0.05, 0.1) is 0 Å². The molecule has 0 radical (unpaired) electrons. The van der Waals surface area contributed by atoms with Gasteiger partial charge in [-0.2, -0.15) is 0 Å². The Kier molecular flexibility index (Phi) is 3.15. The molecule has 0 bridgehead atoms. The first kappa shape index (κ1) is 12.3. The Hall–Kier alpha value is -2.16. The van der Waals surface area contributed by atoms with Crippen molar-refractivity contribution in [3.63, 3.8) is 0 Å². The molecule has 1 amide bonds. The molecule has 0 aliphatic heterocycles. The molecule has 0 heterocycles. The highest BCUT2D eigenvalue weighted by molar-refractivity contribution is 5.93. The lowest BCUT2D eigenvalue weighted by Gasteiger charge is -2.08. The highest BCUT2D eigenvalue weighted by Crippen LogP contribution is 2.25. The van der Waals surface area contributed by atoms with E-state index in [2.05, 4.69) is 0 Å². The van der Waals surface area contributed by atoms with Crippen molar-refractivity contribution in [1.29, 1.82) is 0 Å². The van der Waals surface area contributed by atoms with E-state index in [1.807, 2.05) is 13.0 Å². The summed E-state index contributed by atoms with van der Waals surface area (Å²) in [6.07, 6.45) is 0. The van der Waals surface area contributed by atoms with Crippen LogP contribution >= 0.6 is 0 Å². The summed E-state index contributed by atoms with van der Waals surface area (Å²) in [6, 6.07) is 10.2. The van der Waals surface area contributed by atoms with Crippen molar-refractivity contribution < 1.29 is 9.18 Å². The van der Waals surface area contributed by atoms with Crippen molar-refractivity contribution in [3.05, 3.63) is 58.9 Å². The molecule has 0 aromatic heterocycles. The summed E-state index contributed by atoms with van der Waals surface area (Å²) in [7, 11) is 0. The van der Waals surface area contributed by atoms with Crippen LogP contribution in [0.2, 0.25) is 0 Å². The molecule has 0 aliphatic rings. The predicted octanol–water partition coefficient (Wildman–Crippen LogP) is 3.21. The van der Waals surface area contributed by atoms with Crippen LogP contribution in [0, 0.1) is 19.7 Å². The van der Waals surface area contributed by atoms with Gasteiger partial charge in [-0.05, 0) is 60.4 Å². The summed E-state index contributed by atoms with van der Waals surface area (Å²) < 4.78 is 13.2. The van der Waals surface area contributed by atoms with Crippen molar-refractivity contribution >= 4 is 5.91 Å². The second-order valence-electron chi connectivity index (χ2n) is 4.36. The molecule has 3 heteroatoms. The maximum absolute atomic E-state index is 13.2. The number of aryl methyl sites for hydroxylation is 2. The van der Waals surface area contributed by atoms with Gasteiger partial charge in [-0.1, -0.05) is 12.1 Å². The van der Waals surface area contributed by atoms with E-state index < -0.39 is 5.91 Å². The number of benzene rings is 2. The van der Waals surface area contributed by atoms with Gasteiger partial charge in [0.15, 0.2) is 0 Å². The predicted molar refractivity (Wildman–Crippen MR) is 69.8 cm³/mol. The van der Waals surface area contributed by atoms with Crippen molar-refractivity contribution in [1.82, 2.24) is 0 Å². The fourth-order valence-electron chi connectivity index (χ4n) is 1.95. The summed E-state index contributed by atoms with van der Waals surface area (Å²) in [6.45, 7) is 3.63. The number of amides is 1. The van der Waals surface area contributed by atoms with Gasteiger partial charge in [0.2, 0.25) is 5.91 Å². The van der Waals surface area contributed by atoms with Crippen LogP contribution in [-0.2, 0) is 0 Å². The molecule has 2 rings (SSSR count). The molecule has 0 unspecified atom stereocenters. The topological polar surface area (TPSA) is 43.1 Å². The molecular weight excluding hydrogens is 229 g/mol. The summed E-state index contributed by atoms with van der Waals surface area (Å²) >= 11 is 0. The van der Waals surface area contributed by atoms with E-state index in [1.54, 1.807) is 31.2 Å². The third kappa shape index (κ3) is 2.25. The Labute approximate surface area is 105 Å². The van der Waals surface area contributed by atoms with Gasteiger partial charge >= 0.3 is 0 Å². The SMILES string of the molecule is Cc1cc(-c2ccc(C(N)=O)cc2C)ccc1F. The number of primary amides is 1. The number of hydrogen-bond donors (Lipinski definition) is 1. The highest BCUT2D eigenvalue weighted by Gasteiger charge is 2.07. The minimum absolute atomic E-state index is 0.217. The van der Waals surface area contributed by atoms with Crippen LogP contribution in [0.5, 0.6) is 0 Å². The number of rotatable bonds is 2. The van der Waals surface area contributed by atoms with Gasteiger partial charge in [0, 0.05) is 5.56 Å². The summed E-state index contributed by atoms with van der Waals surface area (Å²) in [5.41, 5.74) is 9.16. The molecule has 2 aromatic rings. The summed E-state index contributed by atoms with van der Waals surface area (Å²) in [5, 5.41) is 0. The number of carbonyl (C=O) groups is 1. The fraction of sp³-hybridized carbons (Fsp3) is 0.133. The normalized spacial score (nSPS) is 10.4. The van der Waals surface area contributed by atoms with Crippen molar-refractivity contribution in [2.45, 2.75) is 13.8 Å². The Morgan fingerprint density at radius 1 is 1.06 bits per heavy atom. The molecule has 0 saturated carbocycles. The third-order valence-electron chi connectivity index (χ3n) is 2.98. The van der Waals surface area contributed by atoms with E-state index in [-0.39, 0.29) is 5.82 Å². The first-order chi connectivity index (χ1) is 8.49. The van der Waals surface area contributed by atoms with Crippen LogP contribution in [0.3, 0.4) is 0 Å². The highest BCUT2D eigenvalue weighted by atomic mass is 19.1. The average molecular weight is 243 g/mol. The molecule has 0 aliphatic carbocycles. The van der Waals surface area contributed by atoms with E-state index >= 15 is 0 Å². The standard InChI is InChI=1S/C15H14FNO/c1-9-7-12(15(17)18)3-5-13(9)11-4-6-14(16)10(2)8-11/h3-8H,1-2H3,(H2,17,18). The summed E-state index contributed by atoms with van der Waals surface area (Å²) in [4.78, 5) is 11.1. The van der Waals surface area contributed by atoms with Gasteiger partial charge in [0.1, 0.15) is 5.82 Å². The molecule has 0 spiro atoms.